The van der Waals surface area contributed by atoms with Crippen LogP contribution in [-0.4, -0.2) is 27.8 Å². The fourth-order valence-electron chi connectivity index (χ4n) is 2.21. The smallest absolute Gasteiger partial charge is 0.309 e. The molecule has 3 rings (SSSR count). The summed E-state index contributed by atoms with van der Waals surface area (Å²) < 4.78 is 6.73. The lowest BCUT2D eigenvalue weighted by Gasteiger charge is -2.19. The Hall–Kier alpha value is -1.39. The van der Waals surface area contributed by atoms with E-state index in [4.69, 9.17) is 4.74 Å². The van der Waals surface area contributed by atoms with Crippen molar-refractivity contribution in [1.29, 1.82) is 0 Å². The van der Waals surface area contributed by atoms with Gasteiger partial charge in [-0.05, 0) is 19.3 Å². The van der Waals surface area contributed by atoms with E-state index in [1.807, 2.05) is 4.68 Å². The molecule has 5 heteroatoms. The van der Waals surface area contributed by atoms with Crippen molar-refractivity contribution in [3.63, 3.8) is 0 Å². The highest BCUT2D eigenvalue weighted by atomic mass is 16.5. The molecule has 1 fully saturated rings. The van der Waals surface area contributed by atoms with Gasteiger partial charge in [-0.1, -0.05) is 0 Å². The zero-order valence-electron chi connectivity index (χ0n) is 9.35. The van der Waals surface area contributed by atoms with E-state index in [2.05, 4.69) is 10.1 Å². The fraction of sp³-hybridized carbons (Fsp3) is 0.727. The van der Waals surface area contributed by atoms with Gasteiger partial charge in [0.05, 0.1) is 13.0 Å². The lowest BCUT2D eigenvalue weighted by Crippen LogP contribution is -2.27. The SMILES string of the molecule is COC(=O)C1CCn2nc(C3CC3)nc2C1. The molecule has 1 unspecified atom stereocenters. The van der Waals surface area contributed by atoms with Gasteiger partial charge in [0.25, 0.3) is 0 Å². The molecule has 2 heterocycles. The molecule has 0 N–H and O–H groups in total. The lowest BCUT2D eigenvalue weighted by atomic mass is 9.98. The molecule has 0 radical (unpaired) electrons. The number of rotatable bonds is 2. The average molecular weight is 221 g/mol. The van der Waals surface area contributed by atoms with Crippen LogP contribution in [0, 0.1) is 5.92 Å². The number of carbonyl (C=O) groups is 1. The van der Waals surface area contributed by atoms with Crippen molar-refractivity contribution in [1.82, 2.24) is 14.8 Å². The molecule has 1 aromatic heterocycles. The highest BCUT2D eigenvalue weighted by Gasteiger charge is 2.32. The Labute approximate surface area is 93.8 Å². The summed E-state index contributed by atoms with van der Waals surface area (Å²) in [6.07, 6.45) is 3.91. The van der Waals surface area contributed by atoms with Gasteiger partial charge < -0.3 is 4.74 Å². The minimum atomic E-state index is -0.123. The Bertz CT molecular complexity index is 423. The predicted molar refractivity (Wildman–Crippen MR) is 55.8 cm³/mol. The summed E-state index contributed by atoms with van der Waals surface area (Å²) in [6, 6.07) is 0. The molecule has 0 spiro atoms. The number of nitrogens with zero attached hydrogens (tertiary/aromatic N) is 3. The maximum Gasteiger partial charge on any atom is 0.309 e. The van der Waals surface area contributed by atoms with Crippen molar-refractivity contribution >= 4 is 5.97 Å². The molecule has 1 atom stereocenters. The maximum atomic E-state index is 11.5. The van der Waals surface area contributed by atoms with Crippen LogP contribution in [0.5, 0.6) is 0 Å². The highest BCUT2D eigenvalue weighted by Crippen LogP contribution is 2.38. The number of carbonyl (C=O) groups excluding carboxylic acids is 1. The third-order valence-corrected chi connectivity index (χ3v) is 3.36. The second-order valence-electron chi connectivity index (χ2n) is 4.60. The normalized spacial score (nSPS) is 23.9. The van der Waals surface area contributed by atoms with Crippen molar-refractivity contribution in [3.05, 3.63) is 11.6 Å². The monoisotopic (exact) mass is 221 g/mol. The number of aryl methyl sites for hydroxylation is 1. The van der Waals surface area contributed by atoms with Crippen molar-refractivity contribution in [2.24, 2.45) is 5.92 Å². The number of aromatic nitrogens is 3. The van der Waals surface area contributed by atoms with Gasteiger partial charge in [-0.3, -0.25) is 4.79 Å². The first-order valence-corrected chi connectivity index (χ1v) is 5.79. The molecule has 16 heavy (non-hydrogen) atoms. The van der Waals surface area contributed by atoms with Gasteiger partial charge in [0, 0.05) is 18.9 Å². The van der Waals surface area contributed by atoms with Crippen LogP contribution in [0.25, 0.3) is 0 Å². The molecule has 0 amide bonds. The molecule has 86 valence electrons. The van der Waals surface area contributed by atoms with Crippen molar-refractivity contribution < 1.29 is 9.53 Å². The summed E-state index contributed by atoms with van der Waals surface area (Å²) in [6.45, 7) is 0.787. The van der Waals surface area contributed by atoms with Crippen molar-refractivity contribution in [2.45, 2.75) is 38.1 Å². The second kappa shape index (κ2) is 3.57. The molecule has 0 saturated heterocycles. The van der Waals surface area contributed by atoms with E-state index in [1.54, 1.807) is 0 Å². The van der Waals surface area contributed by atoms with Gasteiger partial charge in [-0.25, -0.2) is 9.67 Å². The van der Waals surface area contributed by atoms with Gasteiger partial charge in [0.15, 0.2) is 5.82 Å². The third-order valence-electron chi connectivity index (χ3n) is 3.36. The van der Waals surface area contributed by atoms with Crippen molar-refractivity contribution in [2.75, 3.05) is 7.11 Å². The topological polar surface area (TPSA) is 57.0 Å². The van der Waals surface area contributed by atoms with Crippen LogP contribution in [0.3, 0.4) is 0 Å². The molecule has 0 bridgehead atoms. The molecule has 1 aliphatic carbocycles. The summed E-state index contributed by atoms with van der Waals surface area (Å²) in [5, 5.41) is 4.49. The molecule has 0 aromatic carbocycles. The van der Waals surface area contributed by atoms with Crippen LogP contribution in [0.1, 0.15) is 36.8 Å². The number of fused-ring (bicyclic) bond motifs is 1. The van der Waals surface area contributed by atoms with Crippen LogP contribution in [0.2, 0.25) is 0 Å². The minimum absolute atomic E-state index is 0.0336. The lowest BCUT2D eigenvalue weighted by molar-refractivity contribution is -0.146. The number of esters is 1. The highest BCUT2D eigenvalue weighted by molar-refractivity contribution is 5.72. The summed E-state index contributed by atoms with van der Waals surface area (Å²) in [7, 11) is 1.44. The van der Waals surface area contributed by atoms with Gasteiger partial charge in [0.1, 0.15) is 5.82 Å². The largest absolute Gasteiger partial charge is 0.469 e. The summed E-state index contributed by atoms with van der Waals surface area (Å²) >= 11 is 0. The third kappa shape index (κ3) is 1.60. The van der Waals surface area contributed by atoms with Gasteiger partial charge in [-0.15, -0.1) is 0 Å². The Morgan fingerprint density at radius 2 is 2.25 bits per heavy atom. The van der Waals surface area contributed by atoms with Crippen LogP contribution in [0.15, 0.2) is 0 Å². The molecule has 5 nitrogen and oxygen atoms in total. The quantitative estimate of drug-likeness (QED) is 0.696. The number of methoxy groups -OCH3 is 1. The molecular weight excluding hydrogens is 206 g/mol. The Kier molecular flexibility index (Phi) is 2.19. The van der Waals surface area contributed by atoms with E-state index in [0.29, 0.717) is 12.3 Å². The molecule has 2 aliphatic rings. The molecule has 1 saturated carbocycles. The van der Waals surface area contributed by atoms with E-state index < -0.39 is 0 Å². The average Bonchev–Trinajstić information content (AvgIpc) is 3.07. The van der Waals surface area contributed by atoms with E-state index in [0.717, 1.165) is 24.6 Å². The van der Waals surface area contributed by atoms with Crippen LogP contribution < -0.4 is 0 Å². The Morgan fingerprint density at radius 1 is 1.44 bits per heavy atom. The number of ether oxygens (including phenoxy) is 1. The van der Waals surface area contributed by atoms with E-state index in [9.17, 15) is 4.79 Å². The van der Waals surface area contributed by atoms with Gasteiger partial charge in [-0.2, -0.15) is 5.10 Å². The first-order valence-electron chi connectivity index (χ1n) is 5.79. The van der Waals surface area contributed by atoms with Gasteiger partial charge in [0.2, 0.25) is 0 Å². The van der Waals surface area contributed by atoms with Crippen LogP contribution >= 0.6 is 0 Å². The zero-order valence-corrected chi connectivity index (χ0v) is 9.35. The summed E-state index contributed by atoms with van der Waals surface area (Å²) in [5.74, 6) is 2.34. The molecule has 1 aliphatic heterocycles. The first-order chi connectivity index (χ1) is 7.78. The summed E-state index contributed by atoms with van der Waals surface area (Å²) in [5.41, 5.74) is 0. The first kappa shape index (κ1) is 9.81. The maximum absolute atomic E-state index is 11.5. The van der Waals surface area contributed by atoms with Crippen LogP contribution in [0.4, 0.5) is 0 Å². The van der Waals surface area contributed by atoms with Crippen molar-refractivity contribution in [3.8, 4) is 0 Å². The predicted octanol–water partition coefficient (Wildman–Crippen LogP) is 0.891. The van der Waals surface area contributed by atoms with E-state index >= 15 is 0 Å². The van der Waals surface area contributed by atoms with E-state index in [-0.39, 0.29) is 11.9 Å². The zero-order chi connectivity index (χ0) is 11.1. The van der Waals surface area contributed by atoms with Gasteiger partial charge >= 0.3 is 5.97 Å². The number of hydrogen-bond acceptors (Lipinski definition) is 4. The fourth-order valence-corrected chi connectivity index (χ4v) is 2.21. The summed E-state index contributed by atoms with van der Waals surface area (Å²) in [4.78, 5) is 16.0. The molecular formula is C11H15N3O2. The van der Waals surface area contributed by atoms with E-state index in [1.165, 1.54) is 20.0 Å². The second-order valence-corrected chi connectivity index (χ2v) is 4.60. The number of hydrogen-bond donors (Lipinski definition) is 0. The van der Waals surface area contributed by atoms with Crippen LogP contribution in [-0.2, 0) is 22.5 Å². The molecule has 1 aromatic rings. The Morgan fingerprint density at radius 3 is 2.94 bits per heavy atom. The standard InChI is InChI=1S/C11H15N3O2/c1-16-11(15)8-4-5-14-9(6-8)12-10(13-14)7-2-3-7/h7-8H,2-6H2,1H3. The minimum Gasteiger partial charge on any atom is -0.469 e. The Balaban J connectivity index is 1.80.